The summed E-state index contributed by atoms with van der Waals surface area (Å²) in [5, 5.41) is 3.87. The van der Waals surface area contributed by atoms with Crippen LogP contribution in [0.2, 0.25) is 0 Å². The summed E-state index contributed by atoms with van der Waals surface area (Å²) in [4.78, 5) is 2.95. The maximum Gasteiger partial charge on any atom is 0.00896 e. The minimum atomic E-state index is 0.606. The Balaban J connectivity index is 1.80. The van der Waals surface area contributed by atoms with Crippen molar-refractivity contribution < 1.29 is 0 Å². The van der Waals surface area contributed by atoms with Gasteiger partial charge in [-0.2, -0.15) is 0 Å². The summed E-state index contributed by atoms with van der Waals surface area (Å²) in [6, 6.07) is 5.88. The molecule has 0 spiro atoms. The molecule has 1 saturated carbocycles. The van der Waals surface area contributed by atoms with Crippen molar-refractivity contribution in [1.82, 2.24) is 5.32 Å². The Morgan fingerprint density at radius 3 is 2.68 bits per heavy atom. The third kappa shape index (κ3) is 4.61. The molecule has 0 aromatic carbocycles. The summed E-state index contributed by atoms with van der Waals surface area (Å²) in [7, 11) is 0. The Hall–Kier alpha value is -0.340. The van der Waals surface area contributed by atoms with Gasteiger partial charge in [0, 0.05) is 21.8 Å². The highest BCUT2D eigenvalue weighted by Gasteiger charge is 2.24. The molecule has 0 saturated heterocycles. The van der Waals surface area contributed by atoms with Gasteiger partial charge in [0.05, 0.1) is 0 Å². The molecule has 1 nitrogen and oxygen atoms in total. The van der Waals surface area contributed by atoms with Crippen molar-refractivity contribution in [3.05, 3.63) is 21.9 Å². The van der Waals surface area contributed by atoms with Gasteiger partial charge in [-0.3, -0.25) is 0 Å². The largest absolute Gasteiger partial charge is 0.311 e. The fraction of sp³-hybridized carbons (Fsp3) is 0.765. The second-order valence-corrected chi connectivity index (χ2v) is 8.02. The third-order valence-electron chi connectivity index (χ3n) is 4.48. The molecule has 1 aromatic heterocycles. The van der Waals surface area contributed by atoms with E-state index >= 15 is 0 Å². The highest BCUT2D eigenvalue weighted by molar-refractivity contribution is 7.11. The van der Waals surface area contributed by atoms with E-state index in [2.05, 4.69) is 45.1 Å². The number of thiophene rings is 1. The quantitative estimate of drug-likeness (QED) is 0.817. The SMILES string of the molecule is Cc1ccc(CC(C)NC2CCCC(C(C)C)C2)s1. The summed E-state index contributed by atoms with van der Waals surface area (Å²) in [5.74, 6) is 1.78. The Morgan fingerprint density at radius 1 is 1.26 bits per heavy atom. The van der Waals surface area contributed by atoms with E-state index in [0.29, 0.717) is 6.04 Å². The van der Waals surface area contributed by atoms with Gasteiger partial charge in [-0.05, 0) is 57.1 Å². The Kier molecular flexibility index (Phi) is 5.47. The minimum Gasteiger partial charge on any atom is -0.311 e. The average molecular weight is 279 g/mol. The monoisotopic (exact) mass is 279 g/mol. The molecule has 1 N–H and O–H groups in total. The molecule has 2 rings (SSSR count). The van der Waals surface area contributed by atoms with Gasteiger partial charge in [-0.1, -0.05) is 26.7 Å². The van der Waals surface area contributed by atoms with E-state index in [9.17, 15) is 0 Å². The fourth-order valence-electron chi connectivity index (χ4n) is 3.34. The first-order valence-corrected chi connectivity index (χ1v) is 8.67. The smallest absolute Gasteiger partial charge is 0.00896 e. The number of rotatable bonds is 5. The lowest BCUT2D eigenvalue weighted by molar-refractivity contribution is 0.222. The molecular formula is C17H29NS. The Bertz CT molecular complexity index is 382. The first-order valence-electron chi connectivity index (χ1n) is 7.86. The molecule has 0 aliphatic heterocycles. The molecule has 1 heterocycles. The first-order chi connectivity index (χ1) is 9.04. The van der Waals surface area contributed by atoms with Crippen LogP contribution < -0.4 is 5.32 Å². The average Bonchev–Trinajstić information content (AvgIpc) is 2.74. The molecule has 3 atom stereocenters. The molecule has 2 heteroatoms. The molecular weight excluding hydrogens is 250 g/mol. The van der Waals surface area contributed by atoms with E-state index in [-0.39, 0.29) is 0 Å². The number of nitrogens with one attached hydrogen (secondary N) is 1. The van der Waals surface area contributed by atoms with Crippen LogP contribution in [-0.2, 0) is 6.42 Å². The highest BCUT2D eigenvalue weighted by atomic mass is 32.1. The molecule has 19 heavy (non-hydrogen) atoms. The van der Waals surface area contributed by atoms with Gasteiger partial charge in [-0.15, -0.1) is 11.3 Å². The first kappa shape index (κ1) is 15.1. The van der Waals surface area contributed by atoms with Crippen molar-refractivity contribution in [2.24, 2.45) is 11.8 Å². The van der Waals surface area contributed by atoms with Crippen molar-refractivity contribution >= 4 is 11.3 Å². The number of aryl methyl sites for hydroxylation is 1. The van der Waals surface area contributed by atoms with E-state index < -0.39 is 0 Å². The molecule has 1 aliphatic carbocycles. The molecule has 3 unspecified atom stereocenters. The van der Waals surface area contributed by atoms with Crippen LogP contribution in [0, 0.1) is 18.8 Å². The summed E-state index contributed by atoms with van der Waals surface area (Å²) in [6.45, 7) is 9.30. The summed E-state index contributed by atoms with van der Waals surface area (Å²) < 4.78 is 0. The van der Waals surface area contributed by atoms with E-state index in [0.717, 1.165) is 17.9 Å². The number of hydrogen-bond acceptors (Lipinski definition) is 2. The maximum atomic E-state index is 3.87. The zero-order valence-corrected chi connectivity index (χ0v) is 13.7. The van der Waals surface area contributed by atoms with Crippen LogP contribution in [0.5, 0.6) is 0 Å². The van der Waals surface area contributed by atoms with Gasteiger partial charge in [0.2, 0.25) is 0 Å². The van der Waals surface area contributed by atoms with Gasteiger partial charge in [0.25, 0.3) is 0 Å². The molecule has 108 valence electrons. The summed E-state index contributed by atoms with van der Waals surface area (Å²) in [5.41, 5.74) is 0. The molecule has 0 bridgehead atoms. The van der Waals surface area contributed by atoms with Crippen LogP contribution in [0.3, 0.4) is 0 Å². The maximum absolute atomic E-state index is 3.87. The Labute approximate surface area is 122 Å². The molecule has 1 aliphatic rings. The molecule has 1 fully saturated rings. The fourth-order valence-corrected chi connectivity index (χ4v) is 4.36. The zero-order valence-electron chi connectivity index (χ0n) is 12.9. The zero-order chi connectivity index (χ0) is 13.8. The molecule has 0 radical (unpaired) electrons. The van der Waals surface area contributed by atoms with E-state index in [1.54, 1.807) is 0 Å². The van der Waals surface area contributed by atoms with Gasteiger partial charge < -0.3 is 5.32 Å². The second kappa shape index (κ2) is 6.90. The molecule has 0 amide bonds. The van der Waals surface area contributed by atoms with Crippen LogP contribution in [0.25, 0.3) is 0 Å². The Morgan fingerprint density at radius 2 is 2.05 bits per heavy atom. The van der Waals surface area contributed by atoms with Gasteiger partial charge in [0.1, 0.15) is 0 Å². The normalized spacial score (nSPS) is 25.7. The van der Waals surface area contributed by atoms with Crippen LogP contribution in [0.4, 0.5) is 0 Å². The van der Waals surface area contributed by atoms with Crippen LogP contribution in [-0.4, -0.2) is 12.1 Å². The summed E-state index contributed by atoms with van der Waals surface area (Å²) in [6.07, 6.45) is 6.78. The lowest BCUT2D eigenvalue weighted by atomic mass is 9.79. The number of hydrogen-bond donors (Lipinski definition) is 1. The predicted octanol–water partition coefficient (Wildman–Crippen LogP) is 4.79. The highest BCUT2D eigenvalue weighted by Crippen LogP contribution is 2.30. The van der Waals surface area contributed by atoms with Crippen LogP contribution in [0.1, 0.15) is 56.2 Å². The van der Waals surface area contributed by atoms with Crippen molar-refractivity contribution in [2.75, 3.05) is 0 Å². The van der Waals surface area contributed by atoms with Gasteiger partial charge in [0.15, 0.2) is 0 Å². The van der Waals surface area contributed by atoms with Crippen molar-refractivity contribution in [3.8, 4) is 0 Å². The van der Waals surface area contributed by atoms with Gasteiger partial charge in [-0.25, -0.2) is 0 Å². The lowest BCUT2D eigenvalue weighted by Crippen LogP contribution is -2.41. The molecule has 1 aromatic rings. The van der Waals surface area contributed by atoms with E-state index in [4.69, 9.17) is 0 Å². The van der Waals surface area contributed by atoms with E-state index in [1.807, 2.05) is 11.3 Å². The van der Waals surface area contributed by atoms with E-state index in [1.165, 1.54) is 41.9 Å². The third-order valence-corrected chi connectivity index (χ3v) is 5.50. The topological polar surface area (TPSA) is 12.0 Å². The second-order valence-electron chi connectivity index (χ2n) is 6.65. The standard InChI is InChI=1S/C17H29NS/c1-12(2)15-6-5-7-16(11-15)18-13(3)10-17-9-8-14(4)19-17/h8-9,12-13,15-16,18H,5-7,10-11H2,1-4H3. The van der Waals surface area contributed by atoms with Crippen molar-refractivity contribution in [2.45, 2.75) is 71.9 Å². The van der Waals surface area contributed by atoms with Crippen LogP contribution in [0.15, 0.2) is 12.1 Å². The van der Waals surface area contributed by atoms with Crippen LogP contribution >= 0.6 is 11.3 Å². The predicted molar refractivity (Wildman–Crippen MR) is 85.9 cm³/mol. The summed E-state index contributed by atoms with van der Waals surface area (Å²) >= 11 is 1.94. The van der Waals surface area contributed by atoms with Crippen molar-refractivity contribution in [1.29, 1.82) is 0 Å². The lowest BCUT2D eigenvalue weighted by Gasteiger charge is -2.33. The van der Waals surface area contributed by atoms with Gasteiger partial charge >= 0.3 is 0 Å². The minimum absolute atomic E-state index is 0.606. The van der Waals surface area contributed by atoms with Crippen molar-refractivity contribution in [3.63, 3.8) is 0 Å².